The predicted molar refractivity (Wildman–Crippen MR) is 67.6 cm³/mol. The van der Waals surface area contributed by atoms with E-state index in [0.717, 1.165) is 18.4 Å². The second-order valence-electron chi connectivity index (χ2n) is 4.12. The van der Waals surface area contributed by atoms with Crippen LogP contribution in [0.3, 0.4) is 0 Å². The van der Waals surface area contributed by atoms with Crippen molar-refractivity contribution in [1.82, 2.24) is 0 Å². The second-order valence-corrected chi connectivity index (χ2v) is 4.12. The molecule has 0 aliphatic rings. The van der Waals surface area contributed by atoms with Crippen LogP contribution in [-0.4, -0.2) is 5.91 Å². The fraction of sp³-hybridized carbons (Fsp3) is 0.500. The SMILES string of the molecule is CCCCCc1cccc(C(N)=O)c1CC. The Morgan fingerprint density at radius 3 is 2.56 bits per heavy atom. The highest BCUT2D eigenvalue weighted by Gasteiger charge is 2.10. The van der Waals surface area contributed by atoms with Gasteiger partial charge >= 0.3 is 0 Å². The Bertz CT molecular complexity index is 358. The summed E-state index contributed by atoms with van der Waals surface area (Å²) < 4.78 is 0. The van der Waals surface area contributed by atoms with Crippen LogP contribution in [0.5, 0.6) is 0 Å². The lowest BCUT2D eigenvalue weighted by Gasteiger charge is -2.11. The molecule has 2 heteroatoms. The molecule has 0 aliphatic carbocycles. The summed E-state index contributed by atoms with van der Waals surface area (Å²) in [7, 11) is 0. The lowest BCUT2D eigenvalue weighted by Crippen LogP contribution is -2.14. The van der Waals surface area contributed by atoms with Crippen molar-refractivity contribution in [3.8, 4) is 0 Å². The third kappa shape index (κ3) is 3.09. The Morgan fingerprint density at radius 2 is 2.00 bits per heavy atom. The van der Waals surface area contributed by atoms with E-state index in [0.29, 0.717) is 5.56 Å². The highest BCUT2D eigenvalue weighted by Crippen LogP contribution is 2.18. The molecule has 0 aliphatic heterocycles. The van der Waals surface area contributed by atoms with E-state index in [-0.39, 0.29) is 5.91 Å². The fourth-order valence-corrected chi connectivity index (χ4v) is 2.08. The van der Waals surface area contributed by atoms with Crippen LogP contribution in [0, 0.1) is 0 Å². The molecule has 2 N–H and O–H groups in total. The number of amides is 1. The molecule has 1 rings (SSSR count). The summed E-state index contributed by atoms with van der Waals surface area (Å²) in [6.45, 7) is 4.27. The Balaban J connectivity index is 2.90. The van der Waals surface area contributed by atoms with E-state index in [4.69, 9.17) is 5.73 Å². The van der Waals surface area contributed by atoms with Gasteiger partial charge in [-0.05, 0) is 36.5 Å². The number of rotatable bonds is 6. The Morgan fingerprint density at radius 1 is 1.25 bits per heavy atom. The molecule has 1 aromatic rings. The molecule has 0 saturated heterocycles. The van der Waals surface area contributed by atoms with Crippen LogP contribution in [0.1, 0.15) is 54.6 Å². The van der Waals surface area contributed by atoms with E-state index in [2.05, 4.69) is 19.9 Å². The van der Waals surface area contributed by atoms with Crippen LogP contribution in [-0.2, 0) is 12.8 Å². The maximum atomic E-state index is 11.3. The van der Waals surface area contributed by atoms with Gasteiger partial charge in [0.25, 0.3) is 0 Å². The van der Waals surface area contributed by atoms with Crippen LogP contribution < -0.4 is 5.73 Å². The van der Waals surface area contributed by atoms with Crippen molar-refractivity contribution in [2.24, 2.45) is 5.73 Å². The number of hydrogen-bond donors (Lipinski definition) is 1. The molecule has 16 heavy (non-hydrogen) atoms. The molecule has 1 aromatic carbocycles. The maximum Gasteiger partial charge on any atom is 0.248 e. The molecule has 0 heterocycles. The predicted octanol–water partition coefficient (Wildman–Crippen LogP) is 3.08. The van der Waals surface area contributed by atoms with Crippen molar-refractivity contribution in [3.63, 3.8) is 0 Å². The fourth-order valence-electron chi connectivity index (χ4n) is 2.08. The topological polar surface area (TPSA) is 43.1 Å². The van der Waals surface area contributed by atoms with Crippen molar-refractivity contribution < 1.29 is 4.79 Å². The molecule has 0 atom stereocenters. The number of hydrogen-bond acceptors (Lipinski definition) is 1. The minimum Gasteiger partial charge on any atom is -0.366 e. The molecule has 0 aromatic heterocycles. The second kappa shape index (κ2) is 6.31. The first-order chi connectivity index (χ1) is 7.70. The maximum absolute atomic E-state index is 11.3. The van der Waals surface area contributed by atoms with Crippen LogP contribution in [0.15, 0.2) is 18.2 Å². The third-order valence-corrected chi connectivity index (χ3v) is 2.94. The minimum absolute atomic E-state index is 0.311. The molecule has 0 radical (unpaired) electrons. The van der Waals surface area contributed by atoms with E-state index >= 15 is 0 Å². The van der Waals surface area contributed by atoms with Crippen molar-refractivity contribution >= 4 is 5.91 Å². The minimum atomic E-state index is -0.311. The number of nitrogens with two attached hydrogens (primary N) is 1. The monoisotopic (exact) mass is 219 g/mol. The van der Waals surface area contributed by atoms with Crippen LogP contribution in [0.2, 0.25) is 0 Å². The van der Waals surface area contributed by atoms with Crippen LogP contribution in [0.25, 0.3) is 0 Å². The number of carbonyl (C=O) groups is 1. The highest BCUT2D eigenvalue weighted by atomic mass is 16.1. The van der Waals surface area contributed by atoms with Gasteiger partial charge in [0, 0.05) is 5.56 Å². The summed E-state index contributed by atoms with van der Waals surface area (Å²) in [6, 6.07) is 5.87. The van der Waals surface area contributed by atoms with E-state index in [1.807, 2.05) is 12.1 Å². The largest absolute Gasteiger partial charge is 0.366 e. The number of benzene rings is 1. The van der Waals surface area contributed by atoms with Gasteiger partial charge in [-0.2, -0.15) is 0 Å². The lowest BCUT2D eigenvalue weighted by atomic mass is 9.95. The molecule has 88 valence electrons. The van der Waals surface area contributed by atoms with E-state index < -0.39 is 0 Å². The quantitative estimate of drug-likeness (QED) is 0.734. The molecule has 0 fully saturated rings. The van der Waals surface area contributed by atoms with E-state index in [1.165, 1.54) is 24.8 Å². The normalized spacial score (nSPS) is 10.4. The van der Waals surface area contributed by atoms with Gasteiger partial charge in [0.1, 0.15) is 0 Å². The number of aryl methyl sites for hydroxylation is 1. The van der Waals surface area contributed by atoms with Gasteiger partial charge in [-0.1, -0.05) is 38.8 Å². The Hall–Kier alpha value is -1.31. The van der Waals surface area contributed by atoms with Crippen molar-refractivity contribution in [2.75, 3.05) is 0 Å². The molecular formula is C14H21NO. The summed E-state index contributed by atoms with van der Waals surface area (Å²) in [4.78, 5) is 11.3. The standard InChI is InChI=1S/C14H21NO/c1-3-5-6-8-11-9-7-10-13(14(15)16)12(11)4-2/h7,9-10H,3-6,8H2,1-2H3,(H2,15,16). The molecule has 2 nitrogen and oxygen atoms in total. The number of carbonyl (C=O) groups excluding carboxylic acids is 1. The average molecular weight is 219 g/mol. The first-order valence-electron chi connectivity index (χ1n) is 6.11. The first-order valence-corrected chi connectivity index (χ1v) is 6.11. The van der Waals surface area contributed by atoms with E-state index in [1.54, 1.807) is 0 Å². The summed E-state index contributed by atoms with van der Waals surface area (Å²) in [5.74, 6) is -0.311. The Labute approximate surface area is 97.9 Å². The molecule has 0 saturated carbocycles. The summed E-state index contributed by atoms with van der Waals surface area (Å²) >= 11 is 0. The molecule has 0 spiro atoms. The average Bonchev–Trinajstić information content (AvgIpc) is 2.29. The Kier molecular flexibility index (Phi) is 5.03. The van der Waals surface area contributed by atoms with Crippen molar-refractivity contribution in [1.29, 1.82) is 0 Å². The molecule has 0 bridgehead atoms. The summed E-state index contributed by atoms with van der Waals surface area (Å²) in [5, 5.41) is 0. The van der Waals surface area contributed by atoms with Crippen LogP contribution >= 0.6 is 0 Å². The van der Waals surface area contributed by atoms with Gasteiger partial charge in [0.05, 0.1) is 0 Å². The van der Waals surface area contributed by atoms with Gasteiger partial charge in [0.2, 0.25) is 5.91 Å². The smallest absolute Gasteiger partial charge is 0.248 e. The molecule has 1 amide bonds. The van der Waals surface area contributed by atoms with Crippen molar-refractivity contribution in [2.45, 2.75) is 46.0 Å². The summed E-state index contributed by atoms with van der Waals surface area (Å²) in [5.41, 5.74) is 8.48. The van der Waals surface area contributed by atoms with Gasteiger partial charge in [-0.3, -0.25) is 4.79 Å². The van der Waals surface area contributed by atoms with Gasteiger partial charge in [-0.25, -0.2) is 0 Å². The van der Waals surface area contributed by atoms with Gasteiger partial charge in [0.15, 0.2) is 0 Å². The zero-order valence-electron chi connectivity index (χ0n) is 10.3. The zero-order chi connectivity index (χ0) is 12.0. The molecule has 0 unspecified atom stereocenters. The first kappa shape index (κ1) is 12.8. The van der Waals surface area contributed by atoms with Gasteiger partial charge in [-0.15, -0.1) is 0 Å². The zero-order valence-corrected chi connectivity index (χ0v) is 10.3. The lowest BCUT2D eigenvalue weighted by molar-refractivity contribution is 0.0999. The van der Waals surface area contributed by atoms with Crippen LogP contribution in [0.4, 0.5) is 0 Å². The number of primary amides is 1. The highest BCUT2D eigenvalue weighted by molar-refractivity contribution is 5.94. The number of unbranched alkanes of at least 4 members (excludes halogenated alkanes) is 2. The summed E-state index contributed by atoms with van der Waals surface area (Å²) in [6.07, 6.45) is 5.57. The third-order valence-electron chi connectivity index (χ3n) is 2.94. The van der Waals surface area contributed by atoms with E-state index in [9.17, 15) is 4.79 Å². The molecular weight excluding hydrogens is 198 g/mol. The van der Waals surface area contributed by atoms with Crippen molar-refractivity contribution in [3.05, 3.63) is 34.9 Å². The van der Waals surface area contributed by atoms with Gasteiger partial charge < -0.3 is 5.73 Å².